The second kappa shape index (κ2) is 9.46. The van der Waals surface area contributed by atoms with Crippen molar-refractivity contribution < 1.29 is 14.5 Å². The summed E-state index contributed by atoms with van der Waals surface area (Å²) in [5.41, 5.74) is 0.617. The number of nitro benzene ring substituents is 1. The molecule has 3 rings (SSSR count). The molecule has 0 atom stereocenters. The highest BCUT2D eigenvalue weighted by Gasteiger charge is 2.13. The third-order valence-corrected chi connectivity index (χ3v) is 6.13. The lowest BCUT2D eigenvalue weighted by Crippen LogP contribution is -2.18. The Labute approximate surface area is 176 Å². The molecule has 2 aromatic heterocycles. The number of terminal acetylenes is 1. The number of rotatable bonds is 7. The topological polar surface area (TPSA) is 119 Å². The molecule has 0 radical (unpaired) electrons. The minimum atomic E-state index is -0.486. The average molecular weight is 448 g/mol. The number of aromatic nitrogens is 2. The SMILES string of the molecule is C#CCn1c(=NC(=O)CSCC(=O)Nc2nccs2)sc2cc([N+](=O)[O-])ccc21. The van der Waals surface area contributed by atoms with E-state index in [0.29, 0.717) is 20.1 Å². The van der Waals surface area contributed by atoms with Gasteiger partial charge in [0, 0.05) is 23.7 Å². The van der Waals surface area contributed by atoms with Gasteiger partial charge >= 0.3 is 0 Å². The van der Waals surface area contributed by atoms with E-state index < -0.39 is 10.8 Å². The smallest absolute Gasteiger partial charge is 0.270 e. The molecule has 0 aliphatic heterocycles. The molecule has 2 heterocycles. The number of fused-ring (bicyclic) bond motifs is 1. The third kappa shape index (κ3) is 5.29. The second-order valence-electron chi connectivity index (χ2n) is 5.47. The summed E-state index contributed by atoms with van der Waals surface area (Å²) < 4.78 is 2.26. The minimum Gasteiger partial charge on any atom is -0.305 e. The summed E-state index contributed by atoms with van der Waals surface area (Å²) in [6.07, 6.45) is 6.99. The Bertz CT molecular complexity index is 1170. The lowest BCUT2D eigenvalue weighted by molar-refractivity contribution is -0.384. The van der Waals surface area contributed by atoms with E-state index in [1.807, 2.05) is 0 Å². The minimum absolute atomic E-state index is 0.00966. The van der Waals surface area contributed by atoms with Gasteiger partial charge in [0.1, 0.15) is 0 Å². The largest absolute Gasteiger partial charge is 0.305 e. The van der Waals surface area contributed by atoms with Gasteiger partial charge in [-0.05, 0) is 6.07 Å². The van der Waals surface area contributed by atoms with E-state index in [2.05, 4.69) is 21.2 Å². The van der Waals surface area contributed by atoms with Crippen LogP contribution >= 0.6 is 34.4 Å². The van der Waals surface area contributed by atoms with Gasteiger partial charge in [0.05, 0.1) is 33.2 Å². The van der Waals surface area contributed by atoms with Crippen LogP contribution in [-0.4, -0.2) is 37.8 Å². The van der Waals surface area contributed by atoms with Gasteiger partial charge < -0.3 is 9.88 Å². The summed E-state index contributed by atoms with van der Waals surface area (Å²) in [6.45, 7) is 0.174. The van der Waals surface area contributed by atoms with Crippen LogP contribution in [0.25, 0.3) is 10.2 Å². The van der Waals surface area contributed by atoms with E-state index in [0.717, 1.165) is 23.1 Å². The van der Waals surface area contributed by atoms with Crippen molar-refractivity contribution in [3.8, 4) is 12.3 Å². The molecule has 0 bridgehead atoms. The molecular formula is C17H13N5O4S3. The number of anilines is 1. The number of hydrogen-bond donors (Lipinski definition) is 1. The monoisotopic (exact) mass is 447 g/mol. The molecule has 1 N–H and O–H groups in total. The van der Waals surface area contributed by atoms with Crippen LogP contribution in [0.1, 0.15) is 0 Å². The van der Waals surface area contributed by atoms with E-state index in [9.17, 15) is 19.7 Å². The normalized spacial score (nSPS) is 11.3. The zero-order chi connectivity index (χ0) is 20.8. The molecular weight excluding hydrogens is 434 g/mol. The highest BCUT2D eigenvalue weighted by molar-refractivity contribution is 8.00. The van der Waals surface area contributed by atoms with Crippen molar-refractivity contribution in [1.82, 2.24) is 9.55 Å². The van der Waals surface area contributed by atoms with Crippen molar-refractivity contribution in [2.24, 2.45) is 4.99 Å². The van der Waals surface area contributed by atoms with E-state index in [4.69, 9.17) is 6.42 Å². The molecule has 0 spiro atoms. The van der Waals surface area contributed by atoms with Gasteiger partial charge in [-0.1, -0.05) is 17.3 Å². The van der Waals surface area contributed by atoms with Crippen LogP contribution in [0.2, 0.25) is 0 Å². The molecule has 0 unspecified atom stereocenters. The molecule has 0 aliphatic carbocycles. The zero-order valence-electron chi connectivity index (χ0n) is 14.7. The molecule has 12 heteroatoms. The number of benzene rings is 1. The summed E-state index contributed by atoms with van der Waals surface area (Å²) in [7, 11) is 0. The fourth-order valence-electron chi connectivity index (χ4n) is 2.32. The quantitative estimate of drug-likeness (QED) is 0.338. The molecule has 3 aromatic rings. The first kappa shape index (κ1) is 20.7. The van der Waals surface area contributed by atoms with Gasteiger partial charge in [0.25, 0.3) is 11.6 Å². The van der Waals surface area contributed by atoms with Crippen molar-refractivity contribution in [2.45, 2.75) is 6.54 Å². The predicted octanol–water partition coefficient (Wildman–Crippen LogP) is 2.50. The number of amides is 2. The van der Waals surface area contributed by atoms with Crippen LogP contribution in [-0.2, 0) is 16.1 Å². The summed E-state index contributed by atoms with van der Waals surface area (Å²) >= 11 is 3.58. The van der Waals surface area contributed by atoms with Crippen LogP contribution in [0.4, 0.5) is 10.8 Å². The van der Waals surface area contributed by atoms with Crippen LogP contribution in [0, 0.1) is 22.5 Å². The Balaban J connectivity index is 1.71. The molecule has 9 nitrogen and oxygen atoms in total. The van der Waals surface area contributed by atoms with Crippen molar-refractivity contribution >= 4 is 67.3 Å². The van der Waals surface area contributed by atoms with E-state index in [-0.39, 0.29) is 29.6 Å². The lowest BCUT2D eigenvalue weighted by atomic mass is 10.3. The van der Waals surface area contributed by atoms with Gasteiger partial charge in [-0.25, -0.2) is 4.98 Å². The molecule has 1 aromatic carbocycles. The van der Waals surface area contributed by atoms with E-state index in [1.165, 1.54) is 23.5 Å². The molecule has 148 valence electrons. The number of carbonyl (C=O) groups excluding carboxylic acids is 2. The van der Waals surface area contributed by atoms with Crippen LogP contribution in [0.5, 0.6) is 0 Å². The average Bonchev–Trinajstić information content (AvgIpc) is 3.29. The Morgan fingerprint density at radius 2 is 2.24 bits per heavy atom. The number of thiazole rings is 2. The summed E-state index contributed by atoms with van der Waals surface area (Å²) in [5.74, 6) is 1.91. The number of hydrogen-bond acceptors (Lipinski definition) is 8. The van der Waals surface area contributed by atoms with Crippen molar-refractivity contribution in [3.05, 3.63) is 44.7 Å². The Kier molecular flexibility index (Phi) is 6.76. The molecule has 0 fully saturated rings. The maximum absolute atomic E-state index is 12.2. The number of nitro groups is 1. The first-order chi connectivity index (χ1) is 14.0. The van der Waals surface area contributed by atoms with E-state index >= 15 is 0 Å². The van der Waals surface area contributed by atoms with Gasteiger partial charge in [0.15, 0.2) is 9.93 Å². The fraction of sp³-hybridized carbons (Fsp3) is 0.176. The van der Waals surface area contributed by atoms with Crippen molar-refractivity contribution in [1.29, 1.82) is 0 Å². The third-order valence-electron chi connectivity index (χ3n) is 3.48. The summed E-state index contributed by atoms with van der Waals surface area (Å²) in [6, 6.07) is 4.39. The number of non-ortho nitro benzene ring substituents is 1. The maximum atomic E-state index is 12.2. The molecule has 0 aliphatic rings. The van der Waals surface area contributed by atoms with Gasteiger partial charge in [-0.2, -0.15) is 4.99 Å². The maximum Gasteiger partial charge on any atom is 0.270 e. The summed E-state index contributed by atoms with van der Waals surface area (Å²) in [4.78, 5) is 42.9. The number of nitrogens with zero attached hydrogens (tertiary/aromatic N) is 4. The Morgan fingerprint density at radius 1 is 1.41 bits per heavy atom. The Hall–Kier alpha value is -3.01. The van der Waals surface area contributed by atoms with Crippen LogP contribution in [0.15, 0.2) is 34.8 Å². The van der Waals surface area contributed by atoms with Crippen LogP contribution in [0.3, 0.4) is 0 Å². The number of carbonyl (C=O) groups is 2. The predicted molar refractivity (Wildman–Crippen MR) is 114 cm³/mol. The number of thioether (sulfide) groups is 1. The van der Waals surface area contributed by atoms with Gasteiger partial charge in [-0.3, -0.25) is 19.7 Å². The van der Waals surface area contributed by atoms with E-state index in [1.54, 1.807) is 22.2 Å². The highest BCUT2D eigenvalue weighted by Crippen LogP contribution is 2.23. The van der Waals surface area contributed by atoms with Gasteiger partial charge in [0.2, 0.25) is 5.91 Å². The number of nitrogens with one attached hydrogen (secondary N) is 1. The Morgan fingerprint density at radius 3 is 2.93 bits per heavy atom. The lowest BCUT2D eigenvalue weighted by Gasteiger charge is -2.01. The standard InChI is InChI=1S/C17H13N5O4S3/c1-2-6-21-12-4-3-11(22(25)26)8-13(12)29-17(21)20-15(24)10-27-9-14(23)19-16-18-5-7-28-16/h1,3-5,7-8H,6,9-10H2,(H,18,19,23). The summed E-state index contributed by atoms with van der Waals surface area (Å²) in [5, 5.41) is 15.8. The van der Waals surface area contributed by atoms with Crippen molar-refractivity contribution in [2.75, 3.05) is 16.8 Å². The first-order valence-corrected chi connectivity index (χ1v) is 10.9. The molecule has 29 heavy (non-hydrogen) atoms. The fourth-order valence-corrected chi connectivity index (χ4v) is 4.54. The molecule has 0 saturated carbocycles. The molecule has 2 amide bonds. The van der Waals surface area contributed by atoms with Gasteiger partial charge in [-0.15, -0.1) is 29.5 Å². The van der Waals surface area contributed by atoms with Crippen molar-refractivity contribution in [3.63, 3.8) is 0 Å². The second-order valence-corrected chi connectivity index (χ2v) is 8.36. The highest BCUT2D eigenvalue weighted by atomic mass is 32.2. The molecule has 0 saturated heterocycles. The zero-order valence-corrected chi connectivity index (χ0v) is 17.2. The van der Waals surface area contributed by atoms with Crippen LogP contribution < -0.4 is 10.1 Å². The first-order valence-electron chi connectivity index (χ1n) is 8.04.